The van der Waals surface area contributed by atoms with E-state index in [0.29, 0.717) is 5.92 Å². The Morgan fingerprint density at radius 3 is 2.50 bits per heavy atom. The van der Waals surface area contributed by atoms with E-state index in [4.69, 9.17) is 5.73 Å². The second-order valence-electron chi connectivity index (χ2n) is 4.29. The maximum Gasteiger partial charge on any atom is 0.0324 e. The van der Waals surface area contributed by atoms with Crippen LogP contribution in [-0.4, -0.2) is 13.1 Å². The minimum Gasteiger partial charge on any atom is -0.324 e. The molecule has 0 spiro atoms. The lowest BCUT2D eigenvalue weighted by atomic mass is 9.87. The molecule has 0 aromatic heterocycles. The van der Waals surface area contributed by atoms with Crippen molar-refractivity contribution in [2.24, 2.45) is 11.7 Å². The van der Waals surface area contributed by atoms with Crippen molar-refractivity contribution in [3.05, 3.63) is 32.7 Å². The summed E-state index contributed by atoms with van der Waals surface area (Å²) in [5, 5.41) is 3.37. The van der Waals surface area contributed by atoms with E-state index < -0.39 is 0 Å². The number of benzene rings is 1. The molecule has 0 bridgehead atoms. The molecule has 1 saturated heterocycles. The molecule has 0 radical (unpaired) electrons. The molecule has 3 N–H and O–H groups in total. The molecule has 1 aliphatic heterocycles. The second kappa shape index (κ2) is 5.63. The monoisotopic (exact) mass is 346 g/mol. The lowest BCUT2D eigenvalue weighted by Gasteiger charge is -2.28. The largest absolute Gasteiger partial charge is 0.324 e. The molecule has 0 unspecified atom stereocenters. The van der Waals surface area contributed by atoms with E-state index >= 15 is 0 Å². The van der Waals surface area contributed by atoms with Crippen molar-refractivity contribution in [1.82, 2.24) is 5.32 Å². The number of nitrogens with one attached hydrogen (secondary N) is 1. The summed E-state index contributed by atoms with van der Waals surface area (Å²) in [4.78, 5) is 0. The van der Waals surface area contributed by atoms with Crippen LogP contribution in [0.1, 0.15) is 24.4 Å². The highest BCUT2D eigenvalue weighted by Crippen LogP contribution is 2.31. The van der Waals surface area contributed by atoms with Gasteiger partial charge < -0.3 is 11.1 Å². The van der Waals surface area contributed by atoms with Crippen LogP contribution in [0.5, 0.6) is 0 Å². The van der Waals surface area contributed by atoms with Crippen LogP contribution in [0, 0.1) is 5.92 Å². The van der Waals surface area contributed by atoms with E-state index in [2.05, 4.69) is 55.4 Å². The smallest absolute Gasteiger partial charge is 0.0324 e. The van der Waals surface area contributed by atoms with Crippen molar-refractivity contribution in [3.63, 3.8) is 0 Å². The number of hydrogen-bond acceptors (Lipinski definition) is 2. The summed E-state index contributed by atoms with van der Waals surface area (Å²) in [6, 6.07) is 6.45. The van der Waals surface area contributed by atoms with Crippen molar-refractivity contribution >= 4 is 31.9 Å². The second-order valence-corrected chi connectivity index (χ2v) is 6.00. The van der Waals surface area contributed by atoms with Crippen LogP contribution in [-0.2, 0) is 0 Å². The molecule has 0 saturated carbocycles. The zero-order valence-electron chi connectivity index (χ0n) is 9.05. The number of nitrogens with two attached hydrogens (primary N) is 1. The van der Waals surface area contributed by atoms with Crippen LogP contribution in [0.3, 0.4) is 0 Å². The fraction of sp³-hybridized carbons (Fsp3) is 0.500. The Balaban J connectivity index is 2.12. The van der Waals surface area contributed by atoms with E-state index in [9.17, 15) is 0 Å². The maximum absolute atomic E-state index is 6.32. The summed E-state index contributed by atoms with van der Waals surface area (Å²) in [5.74, 6) is 0.606. The van der Waals surface area contributed by atoms with Crippen LogP contribution in [0.4, 0.5) is 0 Å². The molecule has 88 valence electrons. The lowest BCUT2D eigenvalue weighted by molar-refractivity contribution is 0.322. The minimum absolute atomic E-state index is 0.159. The lowest BCUT2D eigenvalue weighted by Crippen LogP contribution is -2.33. The molecule has 4 heteroatoms. The summed E-state index contributed by atoms with van der Waals surface area (Å²) >= 11 is 7.00. The highest BCUT2D eigenvalue weighted by molar-refractivity contribution is 9.13. The zero-order chi connectivity index (χ0) is 11.5. The summed E-state index contributed by atoms with van der Waals surface area (Å²) < 4.78 is 2.16. The van der Waals surface area contributed by atoms with Gasteiger partial charge in [0.2, 0.25) is 0 Å². The predicted molar refractivity (Wildman–Crippen MR) is 74.4 cm³/mol. The number of piperidine rings is 1. The van der Waals surface area contributed by atoms with E-state index in [0.717, 1.165) is 22.0 Å². The topological polar surface area (TPSA) is 38.0 Å². The molecule has 16 heavy (non-hydrogen) atoms. The molecule has 1 aliphatic rings. The van der Waals surface area contributed by atoms with Gasteiger partial charge in [-0.3, -0.25) is 0 Å². The van der Waals surface area contributed by atoms with Gasteiger partial charge >= 0.3 is 0 Å². The van der Waals surface area contributed by atoms with Crippen molar-refractivity contribution in [3.8, 4) is 0 Å². The SMILES string of the molecule is N[C@@H](c1ccc(Br)c(Br)c1)C1CCNCC1. The van der Waals surface area contributed by atoms with Crippen molar-refractivity contribution in [2.45, 2.75) is 18.9 Å². The Kier molecular flexibility index (Phi) is 4.41. The van der Waals surface area contributed by atoms with Gasteiger partial charge in [0.15, 0.2) is 0 Å². The first-order chi connectivity index (χ1) is 7.68. The van der Waals surface area contributed by atoms with Gasteiger partial charge in [-0.05, 0) is 81.4 Å². The highest BCUT2D eigenvalue weighted by atomic mass is 79.9. The first-order valence-electron chi connectivity index (χ1n) is 5.59. The Morgan fingerprint density at radius 2 is 1.88 bits per heavy atom. The average molecular weight is 348 g/mol. The third kappa shape index (κ3) is 2.86. The Morgan fingerprint density at radius 1 is 1.19 bits per heavy atom. The molecule has 2 nitrogen and oxygen atoms in total. The third-order valence-corrected chi connectivity index (χ3v) is 5.10. The van der Waals surface area contributed by atoms with Gasteiger partial charge in [-0.25, -0.2) is 0 Å². The molecule has 1 atom stereocenters. The minimum atomic E-state index is 0.159. The molecular weight excluding hydrogens is 332 g/mol. The zero-order valence-corrected chi connectivity index (χ0v) is 12.2. The van der Waals surface area contributed by atoms with Crippen molar-refractivity contribution in [1.29, 1.82) is 0 Å². The standard InChI is InChI=1S/C12H16Br2N2/c13-10-2-1-9(7-11(10)14)12(15)8-3-5-16-6-4-8/h1-2,7-8,12,16H,3-6,15H2/t12-/m1/s1. The number of halogens is 2. The van der Waals surface area contributed by atoms with Gasteiger partial charge in [-0.1, -0.05) is 6.07 Å². The Bertz CT molecular complexity index is 362. The first kappa shape index (κ1) is 12.6. The fourth-order valence-corrected chi connectivity index (χ4v) is 2.84. The Hall–Kier alpha value is 0.1000. The molecule has 1 aromatic rings. The van der Waals surface area contributed by atoms with E-state index in [1.807, 2.05) is 0 Å². The van der Waals surface area contributed by atoms with Crippen LogP contribution < -0.4 is 11.1 Å². The quantitative estimate of drug-likeness (QED) is 0.862. The molecule has 1 fully saturated rings. The maximum atomic E-state index is 6.32. The average Bonchev–Trinajstić information content (AvgIpc) is 2.33. The normalized spacial score (nSPS) is 19.7. The van der Waals surface area contributed by atoms with Gasteiger partial charge in [0, 0.05) is 15.0 Å². The van der Waals surface area contributed by atoms with Gasteiger partial charge in [-0.15, -0.1) is 0 Å². The Labute approximate surface area is 113 Å². The van der Waals surface area contributed by atoms with E-state index in [1.165, 1.54) is 18.4 Å². The summed E-state index contributed by atoms with van der Waals surface area (Å²) in [6.45, 7) is 2.19. The third-order valence-electron chi connectivity index (χ3n) is 3.22. The number of rotatable bonds is 2. The van der Waals surface area contributed by atoms with Crippen molar-refractivity contribution in [2.75, 3.05) is 13.1 Å². The van der Waals surface area contributed by atoms with Gasteiger partial charge in [-0.2, -0.15) is 0 Å². The van der Waals surface area contributed by atoms with E-state index in [1.54, 1.807) is 0 Å². The molecule has 1 aromatic carbocycles. The van der Waals surface area contributed by atoms with Crippen LogP contribution in [0.2, 0.25) is 0 Å². The molecule has 1 heterocycles. The van der Waals surface area contributed by atoms with Crippen molar-refractivity contribution < 1.29 is 0 Å². The predicted octanol–water partition coefficient (Wildman–Crippen LogP) is 3.21. The number of hydrogen-bond donors (Lipinski definition) is 2. The fourth-order valence-electron chi connectivity index (χ4n) is 2.20. The molecule has 0 amide bonds. The highest BCUT2D eigenvalue weighted by Gasteiger charge is 2.21. The molecule has 0 aliphatic carbocycles. The van der Waals surface area contributed by atoms with Gasteiger partial charge in [0.1, 0.15) is 0 Å². The van der Waals surface area contributed by atoms with Gasteiger partial charge in [0.05, 0.1) is 0 Å². The summed E-state index contributed by atoms with van der Waals surface area (Å²) in [6.07, 6.45) is 2.35. The van der Waals surface area contributed by atoms with Crippen LogP contribution in [0.15, 0.2) is 27.1 Å². The van der Waals surface area contributed by atoms with Gasteiger partial charge in [0.25, 0.3) is 0 Å². The van der Waals surface area contributed by atoms with E-state index in [-0.39, 0.29) is 6.04 Å². The molecular formula is C12H16Br2N2. The summed E-state index contributed by atoms with van der Waals surface area (Å²) in [7, 11) is 0. The molecule has 2 rings (SSSR count). The summed E-state index contributed by atoms with van der Waals surface area (Å²) in [5.41, 5.74) is 7.55. The van der Waals surface area contributed by atoms with Crippen LogP contribution in [0.25, 0.3) is 0 Å². The van der Waals surface area contributed by atoms with Crippen LogP contribution >= 0.6 is 31.9 Å². The first-order valence-corrected chi connectivity index (χ1v) is 7.18.